The summed E-state index contributed by atoms with van der Waals surface area (Å²) in [5, 5.41) is 10.7. The smallest absolute Gasteiger partial charge is 0.190 e. The third kappa shape index (κ3) is 3.31. The van der Waals surface area contributed by atoms with Crippen LogP contribution in [0.15, 0.2) is 54.6 Å². The third-order valence-corrected chi connectivity index (χ3v) is 5.41. The molecule has 0 bridgehead atoms. The molecule has 6 heteroatoms. The number of nitrogens with one attached hydrogen (secondary N) is 2. The molecular weight excluding hydrogens is 370 g/mol. The van der Waals surface area contributed by atoms with Gasteiger partial charge in [0.15, 0.2) is 10.2 Å². The molecule has 124 valence electrons. The lowest BCUT2D eigenvalue weighted by atomic mass is 10.1. The van der Waals surface area contributed by atoms with Gasteiger partial charge in [-0.05, 0) is 48.3 Å². The Kier molecular flexibility index (Phi) is 4.29. The summed E-state index contributed by atoms with van der Waals surface area (Å²) in [6.45, 7) is 2.01. The fourth-order valence-corrected chi connectivity index (χ4v) is 4.14. The molecule has 0 spiro atoms. The second kappa shape index (κ2) is 6.59. The summed E-state index contributed by atoms with van der Waals surface area (Å²) in [5.41, 5.74) is 2.92. The van der Waals surface area contributed by atoms with Gasteiger partial charge in [0, 0.05) is 16.1 Å². The van der Waals surface area contributed by atoms with Gasteiger partial charge in [-0.25, -0.2) is 4.98 Å². The van der Waals surface area contributed by atoms with Crippen LogP contribution in [0.25, 0.3) is 21.0 Å². The number of aryl methyl sites for hydroxylation is 1. The fraction of sp³-hybridized carbons (Fsp3) is 0.0526. The summed E-state index contributed by atoms with van der Waals surface area (Å²) in [7, 11) is 0. The van der Waals surface area contributed by atoms with Crippen LogP contribution in [0, 0.1) is 6.92 Å². The van der Waals surface area contributed by atoms with Crippen LogP contribution in [-0.2, 0) is 0 Å². The molecule has 0 aliphatic carbocycles. The van der Waals surface area contributed by atoms with Gasteiger partial charge in [0.1, 0.15) is 0 Å². The highest BCUT2D eigenvalue weighted by Gasteiger charge is 2.09. The summed E-state index contributed by atoms with van der Waals surface area (Å²) < 4.78 is 1.15. The van der Waals surface area contributed by atoms with Gasteiger partial charge in [0.25, 0.3) is 0 Å². The lowest BCUT2D eigenvalue weighted by Crippen LogP contribution is -2.19. The predicted molar refractivity (Wildman–Crippen MR) is 113 cm³/mol. The fourth-order valence-electron chi connectivity index (χ4n) is 2.69. The monoisotopic (exact) mass is 383 g/mol. The molecule has 0 aliphatic heterocycles. The maximum Gasteiger partial charge on any atom is 0.190 e. The van der Waals surface area contributed by atoms with Crippen molar-refractivity contribution in [1.82, 2.24) is 4.98 Å². The molecule has 2 N–H and O–H groups in total. The van der Waals surface area contributed by atoms with E-state index in [0.717, 1.165) is 26.6 Å². The number of benzene rings is 3. The topological polar surface area (TPSA) is 37.0 Å². The summed E-state index contributed by atoms with van der Waals surface area (Å²) in [6.07, 6.45) is 0. The minimum atomic E-state index is 0.494. The molecule has 1 aromatic heterocycles. The van der Waals surface area contributed by atoms with E-state index in [0.29, 0.717) is 10.1 Å². The SMILES string of the molecule is Cc1ccc(Cl)cc1NC(=S)Nc1nc2ccc3ccccc3c2s1. The number of fused-ring (bicyclic) bond motifs is 3. The molecular formula is C19H14ClN3S2. The molecule has 0 saturated heterocycles. The Morgan fingerprint density at radius 2 is 1.92 bits per heavy atom. The van der Waals surface area contributed by atoms with Crippen LogP contribution < -0.4 is 10.6 Å². The highest BCUT2D eigenvalue weighted by Crippen LogP contribution is 2.32. The zero-order valence-corrected chi connectivity index (χ0v) is 15.7. The maximum atomic E-state index is 6.06. The molecule has 4 aromatic rings. The average molecular weight is 384 g/mol. The van der Waals surface area contributed by atoms with E-state index in [1.807, 2.05) is 43.3 Å². The zero-order valence-electron chi connectivity index (χ0n) is 13.3. The molecule has 0 atom stereocenters. The minimum absolute atomic E-state index is 0.494. The van der Waals surface area contributed by atoms with Gasteiger partial charge in [-0.2, -0.15) is 0 Å². The Morgan fingerprint density at radius 1 is 1.08 bits per heavy atom. The summed E-state index contributed by atoms with van der Waals surface area (Å²) in [4.78, 5) is 4.64. The van der Waals surface area contributed by atoms with E-state index in [1.54, 1.807) is 11.3 Å². The lowest BCUT2D eigenvalue weighted by molar-refractivity contribution is 1.44. The van der Waals surface area contributed by atoms with Crippen LogP contribution in [0.5, 0.6) is 0 Å². The summed E-state index contributed by atoms with van der Waals surface area (Å²) in [5.74, 6) is 0. The van der Waals surface area contributed by atoms with Crippen molar-refractivity contribution in [2.45, 2.75) is 6.92 Å². The Morgan fingerprint density at radius 3 is 2.80 bits per heavy atom. The van der Waals surface area contributed by atoms with E-state index in [2.05, 4.69) is 33.8 Å². The first-order valence-electron chi connectivity index (χ1n) is 7.72. The highest BCUT2D eigenvalue weighted by atomic mass is 35.5. The van der Waals surface area contributed by atoms with E-state index < -0.39 is 0 Å². The molecule has 1 heterocycles. The van der Waals surface area contributed by atoms with E-state index in [1.165, 1.54) is 10.8 Å². The molecule has 3 nitrogen and oxygen atoms in total. The second-order valence-electron chi connectivity index (χ2n) is 5.69. The van der Waals surface area contributed by atoms with Gasteiger partial charge in [-0.1, -0.05) is 59.3 Å². The second-order valence-corrected chi connectivity index (χ2v) is 7.54. The van der Waals surface area contributed by atoms with Crippen LogP contribution >= 0.6 is 35.2 Å². The third-order valence-electron chi connectivity index (χ3n) is 3.95. The molecule has 0 fully saturated rings. The van der Waals surface area contributed by atoms with Crippen molar-refractivity contribution < 1.29 is 0 Å². The summed E-state index contributed by atoms with van der Waals surface area (Å²) >= 11 is 13.1. The highest BCUT2D eigenvalue weighted by molar-refractivity contribution is 7.80. The molecule has 0 unspecified atom stereocenters. The van der Waals surface area contributed by atoms with Crippen molar-refractivity contribution in [3.8, 4) is 0 Å². The quantitative estimate of drug-likeness (QED) is 0.403. The van der Waals surface area contributed by atoms with Crippen LogP contribution in [-0.4, -0.2) is 10.1 Å². The van der Waals surface area contributed by atoms with Crippen molar-refractivity contribution >= 4 is 72.1 Å². The van der Waals surface area contributed by atoms with Crippen LogP contribution in [0.3, 0.4) is 0 Å². The number of halogens is 1. The largest absolute Gasteiger partial charge is 0.332 e. The maximum absolute atomic E-state index is 6.06. The number of anilines is 2. The molecule has 0 amide bonds. The first-order valence-corrected chi connectivity index (χ1v) is 9.33. The van der Waals surface area contributed by atoms with Gasteiger partial charge in [-0.15, -0.1) is 0 Å². The van der Waals surface area contributed by atoms with Gasteiger partial charge >= 0.3 is 0 Å². The van der Waals surface area contributed by atoms with Crippen LogP contribution in [0.4, 0.5) is 10.8 Å². The molecule has 0 radical (unpaired) electrons. The molecule has 25 heavy (non-hydrogen) atoms. The number of thiocarbonyl (C=S) groups is 1. The Labute approximate surface area is 159 Å². The van der Waals surface area contributed by atoms with Crippen LogP contribution in [0.1, 0.15) is 5.56 Å². The number of thiazole rings is 1. The number of aromatic nitrogens is 1. The number of nitrogens with zero attached hydrogens (tertiary/aromatic N) is 1. The predicted octanol–water partition coefficient (Wildman–Crippen LogP) is 6.22. The Balaban J connectivity index is 1.61. The van der Waals surface area contributed by atoms with E-state index in [4.69, 9.17) is 23.8 Å². The van der Waals surface area contributed by atoms with Crippen LogP contribution in [0.2, 0.25) is 5.02 Å². The average Bonchev–Trinajstić information content (AvgIpc) is 3.01. The van der Waals surface area contributed by atoms with Gasteiger partial charge in [0.05, 0.1) is 10.2 Å². The normalized spacial score (nSPS) is 11.0. The van der Waals surface area contributed by atoms with E-state index in [-0.39, 0.29) is 0 Å². The molecule has 0 saturated carbocycles. The number of hydrogen-bond donors (Lipinski definition) is 2. The van der Waals surface area contributed by atoms with Crippen molar-refractivity contribution in [3.63, 3.8) is 0 Å². The van der Waals surface area contributed by atoms with Crippen molar-refractivity contribution in [2.24, 2.45) is 0 Å². The van der Waals surface area contributed by atoms with Crippen molar-refractivity contribution in [3.05, 3.63) is 65.2 Å². The van der Waals surface area contributed by atoms with Crippen molar-refractivity contribution in [1.29, 1.82) is 0 Å². The molecule has 0 aliphatic rings. The first-order chi connectivity index (χ1) is 12.1. The van der Waals surface area contributed by atoms with Gasteiger partial charge in [-0.3, -0.25) is 0 Å². The first kappa shape index (κ1) is 16.3. The number of hydrogen-bond acceptors (Lipinski definition) is 3. The van der Waals surface area contributed by atoms with Gasteiger partial charge in [0.2, 0.25) is 0 Å². The van der Waals surface area contributed by atoms with E-state index in [9.17, 15) is 0 Å². The Bertz CT molecular complexity index is 1100. The molecule has 3 aromatic carbocycles. The van der Waals surface area contributed by atoms with E-state index >= 15 is 0 Å². The minimum Gasteiger partial charge on any atom is -0.332 e. The summed E-state index contributed by atoms with van der Waals surface area (Å²) in [6, 6.07) is 18.1. The zero-order chi connectivity index (χ0) is 17.4. The Hall–Kier alpha value is -2.21. The number of rotatable bonds is 2. The van der Waals surface area contributed by atoms with Crippen molar-refractivity contribution in [2.75, 3.05) is 10.6 Å². The standard InChI is InChI=1S/C19H14ClN3S2/c1-11-6-8-13(20)10-16(11)21-18(24)23-19-22-15-9-7-12-4-2-3-5-14(12)17(15)25-19/h2-10H,1H3,(H2,21,22,23,24). The van der Waals surface area contributed by atoms with Gasteiger partial charge < -0.3 is 10.6 Å². The molecule has 4 rings (SSSR count). The lowest BCUT2D eigenvalue weighted by Gasteiger charge is -2.11.